The lowest BCUT2D eigenvalue weighted by Gasteiger charge is -2.22. The van der Waals surface area contributed by atoms with Crippen LogP contribution in [0.4, 0.5) is 10.1 Å². The lowest BCUT2D eigenvalue weighted by Crippen LogP contribution is -2.30. The first-order valence-electron chi connectivity index (χ1n) is 7.17. The third-order valence-corrected chi connectivity index (χ3v) is 3.46. The van der Waals surface area contributed by atoms with Gasteiger partial charge in [-0.3, -0.25) is 4.79 Å². The van der Waals surface area contributed by atoms with Crippen molar-refractivity contribution in [2.45, 2.75) is 20.3 Å². The minimum atomic E-state index is -0.315. The highest BCUT2D eigenvalue weighted by Crippen LogP contribution is 2.16. The van der Waals surface area contributed by atoms with Crippen LogP contribution in [0.25, 0.3) is 0 Å². The number of likely N-dealkylation sites (N-methyl/N-ethyl adjacent to an activating group) is 1. The van der Waals surface area contributed by atoms with E-state index in [1.807, 2.05) is 36.9 Å². The smallest absolute Gasteiger partial charge is 0.156 e. The number of carbonyl (C=O) groups is 1. The van der Waals surface area contributed by atoms with Crippen molar-refractivity contribution in [3.8, 4) is 0 Å². The Bertz CT molecular complexity index is 624. The molecule has 0 aliphatic carbocycles. The Labute approximate surface area is 125 Å². The largest absolute Gasteiger partial charge is 0.364 e. The molecule has 0 spiro atoms. The molecule has 0 atom stereocenters. The van der Waals surface area contributed by atoms with Crippen LogP contribution in [0.1, 0.15) is 18.1 Å². The third kappa shape index (κ3) is 4.15. The fourth-order valence-electron chi connectivity index (χ4n) is 2.33. The van der Waals surface area contributed by atoms with E-state index in [1.54, 1.807) is 18.2 Å². The van der Waals surface area contributed by atoms with E-state index in [0.29, 0.717) is 12.1 Å². The molecular formula is C18H20FNO. The number of rotatable bonds is 6. The SMILES string of the molecule is CCN(CC(=O)Cc1ccccc1F)c1cccc(C)c1. The van der Waals surface area contributed by atoms with Gasteiger partial charge in [0.2, 0.25) is 0 Å². The minimum absolute atomic E-state index is 0.0171. The lowest BCUT2D eigenvalue weighted by molar-refractivity contribution is -0.117. The predicted molar refractivity (Wildman–Crippen MR) is 84.2 cm³/mol. The summed E-state index contributed by atoms with van der Waals surface area (Å²) >= 11 is 0. The van der Waals surface area contributed by atoms with Gasteiger partial charge in [0.15, 0.2) is 5.78 Å². The van der Waals surface area contributed by atoms with Crippen molar-refractivity contribution < 1.29 is 9.18 Å². The Kier molecular flexibility index (Phi) is 5.09. The van der Waals surface area contributed by atoms with Gasteiger partial charge in [-0.25, -0.2) is 4.39 Å². The number of ketones is 1. The van der Waals surface area contributed by atoms with Crippen molar-refractivity contribution in [2.75, 3.05) is 18.0 Å². The Balaban J connectivity index is 2.05. The van der Waals surface area contributed by atoms with Crippen molar-refractivity contribution in [3.63, 3.8) is 0 Å². The summed E-state index contributed by atoms with van der Waals surface area (Å²) in [6, 6.07) is 14.5. The molecule has 0 saturated carbocycles. The number of nitrogens with zero attached hydrogens (tertiary/aromatic N) is 1. The van der Waals surface area contributed by atoms with Gasteiger partial charge in [-0.15, -0.1) is 0 Å². The molecule has 0 saturated heterocycles. The molecule has 2 aromatic carbocycles. The van der Waals surface area contributed by atoms with Crippen molar-refractivity contribution in [1.82, 2.24) is 0 Å². The van der Waals surface area contributed by atoms with Gasteiger partial charge in [0, 0.05) is 18.7 Å². The van der Waals surface area contributed by atoms with Crippen LogP contribution in [-0.2, 0) is 11.2 Å². The van der Waals surface area contributed by atoms with E-state index in [2.05, 4.69) is 6.07 Å². The average Bonchev–Trinajstić information content (AvgIpc) is 2.47. The molecule has 110 valence electrons. The topological polar surface area (TPSA) is 20.3 Å². The van der Waals surface area contributed by atoms with E-state index in [1.165, 1.54) is 6.07 Å². The van der Waals surface area contributed by atoms with Crippen LogP contribution in [0.3, 0.4) is 0 Å². The summed E-state index contributed by atoms with van der Waals surface area (Å²) in [6.45, 7) is 5.08. The van der Waals surface area contributed by atoms with E-state index in [9.17, 15) is 9.18 Å². The maximum absolute atomic E-state index is 13.6. The summed E-state index contributed by atoms with van der Waals surface area (Å²) in [5, 5.41) is 0. The molecule has 0 aliphatic heterocycles. The lowest BCUT2D eigenvalue weighted by atomic mass is 10.1. The van der Waals surface area contributed by atoms with E-state index in [4.69, 9.17) is 0 Å². The zero-order valence-corrected chi connectivity index (χ0v) is 12.5. The summed E-state index contributed by atoms with van der Waals surface area (Å²) in [6.07, 6.45) is 0.134. The van der Waals surface area contributed by atoms with Gasteiger partial charge in [-0.05, 0) is 43.2 Å². The summed E-state index contributed by atoms with van der Waals surface area (Å²) in [5.74, 6) is -0.298. The fourth-order valence-corrected chi connectivity index (χ4v) is 2.33. The first-order chi connectivity index (χ1) is 10.1. The number of aryl methyl sites for hydroxylation is 1. The Morgan fingerprint density at radius 1 is 1.14 bits per heavy atom. The first-order valence-corrected chi connectivity index (χ1v) is 7.17. The molecule has 0 aliphatic rings. The predicted octanol–water partition coefficient (Wildman–Crippen LogP) is 3.77. The highest BCUT2D eigenvalue weighted by atomic mass is 19.1. The monoisotopic (exact) mass is 285 g/mol. The van der Waals surface area contributed by atoms with Crippen molar-refractivity contribution >= 4 is 11.5 Å². The molecule has 2 rings (SSSR count). The molecule has 2 aromatic rings. The van der Waals surface area contributed by atoms with Crippen LogP contribution in [0, 0.1) is 12.7 Å². The van der Waals surface area contributed by atoms with Crippen molar-refractivity contribution in [1.29, 1.82) is 0 Å². The second-order valence-electron chi connectivity index (χ2n) is 5.16. The van der Waals surface area contributed by atoms with Crippen LogP contribution < -0.4 is 4.90 Å². The summed E-state index contributed by atoms with van der Waals surface area (Å²) in [5.41, 5.74) is 2.65. The van der Waals surface area contributed by atoms with Gasteiger partial charge in [-0.1, -0.05) is 30.3 Å². The van der Waals surface area contributed by atoms with Gasteiger partial charge in [0.1, 0.15) is 5.82 Å². The van der Waals surface area contributed by atoms with Crippen LogP contribution in [0.15, 0.2) is 48.5 Å². The van der Waals surface area contributed by atoms with Gasteiger partial charge in [0.25, 0.3) is 0 Å². The zero-order chi connectivity index (χ0) is 15.2. The number of halogens is 1. The second-order valence-corrected chi connectivity index (χ2v) is 5.16. The second kappa shape index (κ2) is 7.02. The van der Waals surface area contributed by atoms with Gasteiger partial charge < -0.3 is 4.90 Å². The molecule has 0 fully saturated rings. The Morgan fingerprint density at radius 3 is 2.57 bits per heavy atom. The summed E-state index contributed by atoms with van der Waals surface area (Å²) in [7, 11) is 0. The number of hydrogen-bond acceptors (Lipinski definition) is 2. The zero-order valence-electron chi connectivity index (χ0n) is 12.5. The van der Waals surface area contributed by atoms with E-state index in [-0.39, 0.29) is 18.0 Å². The normalized spacial score (nSPS) is 10.4. The van der Waals surface area contributed by atoms with Gasteiger partial charge in [0.05, 0.1) is 6.54 Å². The van der Waals surface area contributed by atoms with Crippen LogP contribution in [0.5, 0.6) is 0 Å². The summed E-state index contributed by atoms with van der Waals surface area (Å²) < 4.78 is 13.6. The highest BCUT2D eigenvalue weighted by molar-refractivity contribution is 5.85. The van der Waals surface area contributed by atoms with Crippen molar-refractivity contribution in [2.24, 2.45) is 0 Å². The molecule has 0 unspecified atom stereocenters. The number of Topliss-reactive ketones (excluding diaryl/α,β-unsaturated/α-hetero) is 1. The summed E-state index contributed by atoms with van der Waals surface area (Å²) in [4.78, 5) is 14.2. The molecule has 0 aromatic heterocycles. The molecule has 0 bridgehead atoms. The van der Waals surface area contributed by atoms with E-state index in [0.717, 1.165) is 17.8 Å². The average molecular weight is 285 g/mol. The maximum atomic E-state index is 13.6. The molecule has 0 amide bonds. The number of benzene rings is 2. The molecule has 21 heavy (non-hydrogen) atoms. The number of hydrogen-bond donors (Lipinski definition) is 0. The first kappa shape index (κ1) is 15.2. The van der Waals surface area contributed by atoms with E-state index >= 15 is 0 Å². The van der Waals surface area contributed by atoms with Crippen LogP contribution in [-0.4, -0.2) is 18.9 Å². The molecule has 0 radical (unpaired) electrons. The molecule has 3 heteroatoms. The Morgan fingerprint density at radius 2 is 1.90 bits per heavy atom. The number of anilines is 1. The van der Waals surface area contributed by atoms with Crippen LogP contribution in [0.2, 0.25) is 0 Å². The van der Waals surface area contributed by atoms with Gasteiger partial charge >= 0.3 is 0 Å². The Hall–Kier alpha value is -2.16. The molecule has 2 nitrogen and oxygen atoms in total. The maximum Gasteiger partial charge on any atom is 0.156 e. The third-order valence-electron chi connectivity index (χ3n) is 3.46. The van der Waals surface area contributed by atoms with Crippen molar-refractivity contribution in [3.05, 3.63) is 65.5 Å². The quantitative estimate of drug-likeness (QED) is 0.805. The fraction of sp³-hybridized carbons (Fsp3) is 0.278. The molecule has 0 N–H and O–H groups in total. The molecular weight excluding hydrogens is 265 g/mol. The highest BCUT2D eigenvalue weighted by Gasteiger charge is 2.12. The minimum Gasteiger partial charge on any atom is -0.364 e. The standard InChI is InChI=1S/C18H20FNO/c1-3-20(16-9-6-7-14(2)11-16)13-17(21)12-15-8-4-5-10-18(15)19/h4-11H,3,12-13H2,1-2H3. The van der Waals surface area contributed by atoms with Crippen LogP contribution >= 0.6 is 0 Å². The van der Waals surface area contributed by atoms with E-state index < -0.39 is 0 Å². The van der Waals surface area contributed by atoms with Gasteiger partial charge in [-0.2, -0.15) is 0 Å². The molecule has 0 heterocycles. The number of carbonyl (C=O) groups excluding carboxylic acids is 1.